The first-order chi connectivity index (χ1) is 13.3. The van der Waals surface area contributed by atoms with Crippen LogP contribution in [-0.2, 0) is 16.8 Å². The zero-order chi connectivity index (χ0) is 18.3. The molecule has 1 aromatic carbocycles. The molecule has 2 aliphatic carbocycles. The summed E-state index contributed by atoms with van der Waals surface area (Å²) in [6, 6.07) is 11.9. The van der Waals surface area contributed by atoms with Gasteiger partial charge in [-0.05, 0) is 24.3 Å². The maximum absolute atomic E-state index is 12.3. The van der Waals surface area contributed by atoms with E-state index in [2.05, 4.69) is 21.9 Å². The van der Waals surface area contributed by atoms with Crippen molar-refractivity contribution < 1.29 is 19.4 Å². The highest BCUT2D eigenvalue weighted by molar-refractivity contribution is 5.67. The van der Waals surface area contributed by atoms with E-state index in [4.69, 9.17) is 9.26 Å². The molecule has 3 aliphatic rings. The summed E-state index contributed by atoms with van der Waals surface area (Å²) in [5.74, 6) is 2.70. The van der Waals surface area contributed by atoms with Crippen molar-refractivity contribution in [3.8, 4) is 0 Å². The molecular weight excluding hydrogens is 342 g/mol. The Bertz CT molecular complexity index is 803. The summed E-state index contributed by atoms with van der Waals surface area (Å²) in [4.78, 5) is 12.3. The molecule has 3 atom stereocenters. The molecule has 2 saturated carbocycles. The number of nitrogens with one attached hydrogen (secondary N) is 1. The number of amides is 1. The van der Waals surface area contributed by atoms with Gasteiger partial charge in [0.25, 0.3) is 0 Å². The third kappa shape index (κ3) is 3.12. The number of alkyl carbamates (subject to hydrolysis) is 1. The van der Waals surface area contributed by atoms with Crippen LogP contribution in [0, 0.1) is 11.8 Å². The average molecular weight is 368 g/mol. The van der Waals surface area contributed by atoms with Crippen molar-refractivity contribution in [3.63, 3.8) is 0 Å². The van der Waals surface area contributed by atoms with Crippen molar-refractivity contribution in [1.82, 2.24) is 10.5 Å². The van der Waals surface area contributed by atoms with E-state index in [0.29, 0.717) is 24.3 Å². The molecule has 1 amide bonds. The van der Waals surface area contributed by atoms with Gasteiger partial charge in [0.2, 0.25) is 0 Å². The first kappa shape index (κ1) is 16.8. The Balaban J connectivity index is 1.25. The van der Waals surface area contributed by atoms with Gasteiger partial charge in [0.15, 0.2) is 0 Å². The number of aromatic nitrogens is 1. The van der Waals surface area contributed by atoms with Crippen LogP contribution < -0.4 is 10.6 Å². The lowest BCUT2D eigenvalue weighted by molar-refractivity contribution is -0.664. The number of fused-ring (bicyclic) bond motifs is 1. The lowest BCUT2D eigenvalue weighted by atomic mass is 9.96. The SMILES string of the molecule is O=C(NCC1(c2cc(C3CC3)on2)C2CC[NH2+]CC21)OCc1ccccc1. The van der Waals surface area contributed by atoms with Gasteiger partial charge in [-0.2, -0.15) is 0 Å². The minimum absolute atomic E-state index is 0.0879. The van der Waals surface area contributed by atoms with E-state index in [1.165, 1.54) is 12.8 Å². The summed E-state index contributed by atoms with van der Waals surface area (Å²) >= 11 is 0. The highest BCUT2D eigenvalue weighted by atomic mass is 16.5. The van der Waals surface area contributed by atoms with Crippen LogP contribution in [0.2, 0.25) is 0 Å². The minimum Gasteiger partial charge on any atom is -0.445 e. The maximum Gasteiger partial charge on any atom is 0.407 e. The number of quaternary nitrogens is 1. The van der Waals surface area contributed by atoms with E-state index >= 15 is 0 Å². The second-order valence-electron chi connectivity index (χ2n) is 8.16. The molecule has 142 valence electrons. The number of carbonyl (C=O) groups excluding carboxylic acids is 1. The number of nitrogens with two attached hydrogens (primary N) is 1. The number of piperidine rings is 1. The number of carbonyl (C=O) groups is 1. The molecule has 0 radical (unpaired) electrons. The summed E-state index contributed by atoms with van der Waals surface area (Å²) in [6.07, 6.45) is 3.20. The van der Waals surface area contributed by atoms with Crippen LogP contribution in [0.5, 0.6) is 0 Å². The first-order valence-electron chi connectivity index (χ1n) is 10.0. The van der Waals surface area contributed by atoms with Crippen molar-refractivity contribution in [3.05, 3.63) is 53.4 Å². The van der Waals surface area contributed by atoms with Crippen molar-refractivity contribution in [2.75, 3.05) is 19.6 Å². The molecule has 3 unspecified atom stereocenters. The number of benzene rings is 1. The molecular formula is C21H26N3O3+. The van der Waals surface area contributed by atoms with Crippen molar-refractivity contribution >= 4 is 6.09 Å². The van der Waals surface area contributed by atoms with Crippen LogP contribution in [0.1, 0.15) is 42.2 Å². The number of rotatable bonds is 6. The summed E-state index contributed by atoms with van der Waals surface area (Å²) < 4.78 is 11.0. The molecule has 0 bridgehead atoms. The van der Waals surface area contributed by atoms with Crippen LogP contribution in [0.4, 0.5) is 4.79 Å². The topological polar surface area (TPSA) is 81.0 Å². The van der Waals surface area contributed by atoms with Gasteiger partial charge in [-0.25, -0.2) is 4.79 Å². The number of hydrogen-bond donors (Lipinski definition) is 2. The fraction of sp³-hybridized carbons (Fsp3) is 0.524. The molecule has 1 saturated heterocycles. The summed E-state index contributed by atoms with van der Waals surface area (Å²) in [7, 11) is 0. The molecule has 3 fully saturated rings. The zero-order valence-corrected chi connectivity index (χ0v) is 15.4. The van der Waals surface area contributed by atoms with Crippen LogP contribution in [0.25, 0.3) is 0 Å². The van der Waals surface area contributed by atoms with Gasteiger partial charge in [0.1, 0.15) is 12.4 Å². The highest BCUT2D eigenvalue weighted by Crippen LogP contribution is 2.61. The third-order valence-corrected chi connectivity index (χ3v) is 6.53. The van der Waals surface area contributed by atoms with E-state index in [1.807, 2.05) is 30.3 Å². The maximum atomic E-state index is 12.3. The van der Waals surface area contributed by atoms with E-state index < -0.39 is 0 Å². The quantitative estimate of drug-likeness (QED) is 0.816. The summed E-state index contributed by atoms with van der Waals surface area (Å²) in [6.45, 7) is 3.10. The summed E-state index contributed by atoms with van der Waals surface area (Å²) in [5.41, 5.74) is 1.93. The van der Waals surface area contributed by atoms with Crippen LogP contribution in [0.3, 0.4) is 0 Å². The Morgan fingerprint density at radius 1 is 1.26 bits per heavy atom. The Kier molecular flexibility index (Phi) is 4.16. The molecule has 1 aromatic heterocycles. The second kappa shape index (κ2) is 6.68. The second-order valence-corrected chi connectivity index (χ2v) is 8.16. The molecule has 1 aliphatic heterocycles. The summed E-state index contributed by atoms with van der Waals surface area (Å²) in [5, 5.41) is 9.81. The smallest absolute Gasteiger partial charge is 0.407 e. The predicted octanol–water partition coefficient (Wildman–Crippen LogP) is 1.93. The molecule has 6 nitrogen and oxygen atoms in total. The van der Waals surface area contributed by atoms with Crippen molar-refractivity contribution in [1.29, 1.82) is 0 Å². The van der Waals surface area contributed by atoms with Crippen molar-refractivity contribution in [2.45, 2.75) is 37.2 Å². The van der Waals surface area contributed by atoms with E-state index in [0.717, 1.165) is 36.5 Å². The predicted molar refractivity (Wildman–Crippen MR) is 98.0 cm³/mol. The van der Waals surface area contributed by atoms with Crippen molar-refractivity contribution in [2.24, 2.45) is 11.8 Å². The fourth-order valence-electron chi connectivity index (χ4n) is 4.83. The largest absolute Gasteiger partial charge is 0.445 e. The number of hydrogen-bond acceptors (Lipinski definition) is 4. The molecule has 27 heavy (non-hydrogen) atoms. The Hall–Kier alpha value is -2.34. The van der Waals surface area contributed by atoms with Crippen LogP contribution in [0.15, 0.2) is 40.9 Å². The van der Waals surface area contributed by atoms with Gasteiger partial charge >= 0.3 is 6.09 Å². The monoisotopic (exact) mass is 368 g/mol. The van der Waals surface area contributed by atoms with Gasteiger partial charge in [-0.3, -0.25) is 0 Å². The van der Waals surface area contributed by atoms with Gasteiger partial charge in [0.05, 0.1) is 18.8 Å². The fourth-order valence-corrected chi connectivity index (χ4v) is 4.83. The lowest BCUT2D eigenvalue weighted by Gasteiger charge is -2.15. The van der Waals surface area contributed by atoms with Gasteiger partial charge in [0, 0.05) is 36.3 Å². The van der Waals surface area contributed by atoms with Gasteiger partial charge < -0.3 is 19.9 Å². The Morgan fingerprint density at radius 2 is 2.11 bits per heavy atom. The minimum atomic E-state index is -0.364. The van der Waals surface area contributed by atoms with Crippen LogP contribution in [-0.4, -0.2) is 30.9 Å². The molecule has 5 rings (SSSR count). The normalized spacial score (nSPS) is 29.0. The molecule has 2 aromatic rings. The van der Waals surface area contributed by atoms with Gasteiger partial charge in [-0.15, -0.1) is 0 Å². The molecule has 6 heteroatoms. The first-order valence-corrected chi connectivity index (χ1v) is 10.0. The average Bonchev–Trinajstić information content (AvgIpc) is 3.62. The molecule has 3 N–H and O–H groups in total. The number of nitrogens with zero attached hydrogens (tertiary/aromatic N) is 1. The van der Waals surface area contributed by atoms with Gasteiger partial charge in [-0.1, -0.05) is 35.5 Å². The number of ether oxygens (including phenoxy) is 1. The highest BCUT2D eigenvalue weighted by Gasteiger charge is 2.68. The van der Waals surface area contributed by atoms with E-state index in [1.54, 1.807) is 0 Å². The standard InChI is InChI=1S/C21H25N3O3/c25-20(26-12-14-4-2-1-3-5-14)23-13-21(16-8-9-22-11-17(16)21)19-10-18(27-24-19)15-6-7-15/h1-5,10,15-17,22H,6-9,11-13H2,(H,23,25)/p+1. The molecule has 0 spiro atoms. The molecule has 2 heterocycles. The van der Waals surface area contributed by atoms with Crippen LogP contribution >= 0.6 is 0 Å². The zero-order valence-electron chi connectivity index (χ0n) is 15.4. The van der Waals surface area contributed by atoms with E-state index in [-0.39, 0.29) is 18.1 Å². The Morgan fingerprint density at radius 3 is 2.85 bits per heavy atom. The third-order valence-electron chi connectivity index (χ3n) is 6.53. The Labute approximate surface area is 158 Å². The van der Waals surface area contributed by atoms with E-state index in [9.17, 15) is 4.79 Å². The lowest BCUT2D eigenvalue weighted by Crippen LogP contribution is -2.86.